The second kappa shape index (κ2) is 6.02. The smallest absolute Gasteiger partial charge is 0.173 e. The van der Waals surface area contributed by atoms with Crippen LogP contribution in [-0.4, -0.2) is 41.4 Å². The van der Waals surface area contributed by atoms with Gasteiger partial charge in [-0.05, 0) is 37.2 Å². The number of anilines is 1. The Morgan fingerprint density at radius 1 is 1.56 bits per heavy atom. The van der Waals surface area contributed by atoms with Gasteiger partial charge < -0.3 is 20.1 Å². The van der Waals surface area contributed by atoms with Gasteiger partial charge in [0.25, 0.3) is 0 Å². The maximum Gasteiger partial charge on any atom is 0.173 e. The van der Waals surface area contributed by atoms with E-state index in [-0.39, 0.29) is 6.10 Å². The van der Waals surface area contributed by atoms with Crippen LogP contribution >= 0.6 is 12.2 Å². The fourth-order valence-corrected chi connectivity index (χ4v) is 2.33. The van der Waals surface area contributed by atoms with Crippen LogP contribution in [0.15, 0.2) is 24.3 Å². The fourth-order valence-electron chi connectivity index (χ4n) is 2.04. The largest absolute Gasteiger partial charge is 0.497 e. The van der Waals surface area contributed by atoms with Crippen molar-refractivity contribution in [3.63, 3.8) is 0 Å². The zero-order valence-electron chi connectivity index (χ0n) is 10.4. The van der Waals surface area contributed by atoms with E-state index in [1.165, 1.54) is 0 Å². The number of likely N-dealkylation sites (tertiary alicyclic amines) is 1. The van der Waals surface area contributed by atoms with Crippen molar-refractivity contribution < 1.29 is 9.84 Å². The summed E-state index contributed by atoms with van der Waals surface area (Å²) in [5, 5.41) is 13.5. The van der Waals surface area contributed by atoms with Crippen molar-refractivity contribution in [1.82, 2.24) is 4.90 Å². The Morgan fingerprint density at radius 2 is 2.39 bits per heavy atom. The molecular formula is C13H18N2O2S. The highest BCUT2D eigenvalue weighted by atomic mass is 32.1. The summed E-state index contributed by atoms with van der Waals surface area (Å²) in [6.07, 6.45) is 1.56. The van der Waals surface area contributed by atoms with Crippen molar-refractivity contribution in [2.45, 2.75) is 18.9 Å². The minimum Gasteiger partial charge on any atom is -0.497 e. The summed E-state index contributed by atoms with van der Waals surface area (Å²) < 4.78 is 5.16. The molecule has 18 heavy (non-hydrogen) atoms. The molecule has 5 heteroatoms. The van der Waals surface area contributed by atoms with Crippen LogP contribution in [0.4, 0.5) is 5.69 Å². The molecule has 0 aromatic heterocycles. The molecule has 1 saturated heterocycles. The zero-order chi connectivity index (χ0) is 13.0. The number of aliphatic hydroxyl groups is 1. The van der Waals surface area contributed by atoms with Gasteiger partial charge in [-0.15, -0.1) is 0 Å². The van der Waals surface area contributed by atoms with Crippen molar-refractivity contribution >= 4 is 23.0 Å². The van der Waals surface area contributed by atoms with Gasteiger partial charge in [-0.1, -0.05) is 6.07 Å². The van der Waals surface area contributed by atoms with Crippen LogP contribution in [0.25, 0.3) is 0 Å². The van der Waals surface area contributed by atoms with Gasteiger partial charge in [0.05, 0.1) is 13.2 Å². The van der Waals surface area contributed by atoms with Gasteiger partial charge in [0.1, 0.15) is 5.75 Å². The summed E-state index contributed by atoms with van der Waals surface area (Å²) in [7, 11) is 1.64. The van der Waals surface area contributed by atoms with E-state index >= 15 is 0 Å². The topological polar surface area (TPSA) is 44.7 Å². The lowest BCUT2D eigenvalue weighted by atomic mass is 10.1. The molecule has 1 aromatic rings. The normalized spacial score (nSPS) is 19.4. The van der Waals surface area contributed by atoms with Crippen molar-refractivity contribution in [3.05, 3.63) is 24.3 Å². The standard InChI is InChI=1S/C13H18N2O2S/c1-17-12-6-2-4-10(8-12)14-13(18)15-7-3-5-11(16)9-15/h2,4,6,8,11,16H,3,5,7,9H2,1H3,(H,14,18)/t11-/m1/s1. The highest BCUT2D eigenvalue weighted by Crippen LogP contribution is 2.18. The number of benzene rings is 1. The number of aliphatic hydroxyl groups excluding tert-OH is 1. The molecule has 0 radical (unpaired) electrons. The highest BCUT2D eigenvalue weighted by Gasteiger charge is 2.19. The van der Waals surface area contributed by atoms with Crippen LogP contribution in [0.2, 0.25) is 0 Å². The molecule has 98 valence electrons. The Kier molecular flexibility index (Phi) is 4.38. The van der Waals surface area contributed by atoms with E-state index in [2.05, 4.69) is 5.32 Å². The van der Waals surface area contributed by atoms with Crippen LogP contribution in [0.5, 0.6) is 5.75 Å². The molecule has 0 spiro atoms. The van der Waals surface area contributed by atoms with Gasteiger partial charge in [-0.3, -0.25) is 0 Å². The summed E-state index contributed by atoms with van der Waals surface area (Å²) in [6, 6.07) is 7.63. The Labute approximate surface area is 113 Å². The maximum absolute atomic E-state index is 9.63. The number of hydrogen-bond acceptors (Lipinski definition) is 3. The summed E-state index contributed by atoms with van der Waals surface area (Å²) in [4.78, 5) is 2.00. The Balaban J connectivity index is 1.97. The van der Waals surface area contributed by atoms with E-state index in [0.717, 1.165) is 30.8 Å². The molecule has 0 aliphatic carbocycles. The number of ether oxygens (including phenoxy) is 1. The molecule has 1 fully saturated rings. The first kappa shape index (κ1) is 13.1. The van der Waals surface area contributed by atoms with Gasteiger partial charge in [0, 0.05) is 24.8 Å². The molecule has 2 N–H and O–H groups in total. The molecule has 1 aromatic carbocycles. The van der Waals surface area contributed by atoms with Crippen molar-refractivity contribution in [2.24, 2.45) is 0 Å². The number of thiocarbonyl (C=S) groups is 1. The highest BCUT2D eigenvalue weighted by molar-refractivity contribution is 7.80. The van der Waals surface area contributed by atoms with E-state index in [9.17, 15) is 5.11 Å². The third-order valence-corrected chi connectivity index (χ3v) is 3.36. The van der Waals surface area contributed by atoms with Crippen LogP contribution in [0, 0.1) is 0 Å². The Bertz CT molecular complexity index is 425. The predicted molar refractivity (Wildman–Crippen MR) is 76.0 cm³/mol. The summed E-state index contributed by atoms with van der Waals surface area (Å²) in [5.41, 5.74) is 0.902. The molecule has 1 aliphatic heterocycles. The average molecular weight is 266 g/mol. The predicted octanol–water partition coefficient (Wildman–Crippen LogP) is 1.85. The maximum atomic E-state index is 9.63. The first-order valence-electron chi connectivity index (χ1n) is 6.07. The fraction of sp³-hybridized carbons (Fsp3) is 0.462. The molecular weight excluding hydrogens is 248 g/mol. The van der Waals surface area contributed by atoms with Crippen molar-refractivity contribution in [2.75, 3.05) is 25.5 Å². The number of nitrogens with zero attached hydrogens (tertiary/aromatic N) is 1. The first-order chi connectivity index (χ1) is 8.69. The monoisotopic (exact) mass is 266 g/mol. The van der Waals surface area contributed by atoms with E-state index in [0.29, 0.717) is 11.7 Å². The summed E-state index contributed by atoms with van der Waals surface area (Å²) in [6.45, 7) is 1.50. The number of methoxy groups -OCH3 is 1. The number of β-amino-alcohol motifs (C(OH)–C–C–N with tert-alkyl or cyclic N) is 1. The number of nitrogens with one attached hydrogen (secondary N) is 1. The minimum atomic E-state index is -0.274. The summed E-state index contributed by atoms with van der Waals surface area (Å²) in [5.74, 6) is 0.793. The second-order valence-corrected chi connectivity index (χ2v) is 4.79. The van der Waals surface area contributed by atoms with Crippen LogP contribution < -0.4 is 10.1 Å². The molecule has 2 rings (SSSR count). The average Bonchev–Trinajstić information content (AvgIpc) is 2.39. The van der Waals surface area contributed by atoms with E-state index in [4.69, 9.17) is 17.0 Å². The first-order valence-corrected chi connectivity index (χ1v) is 6.48. The van der Waals surface area contributed by atoms with Crippen LogP contribution in [0.3, 0.4) is 0 Å². The molecule has 0 saturated carbocycles. The van der Waals surface area contributed by atoms with Crippen molar-refractivity contribution in [3.8, 4) is 5.75 Å². The lowest BCUT2D eigenvalue weighted by Gasteiger charge is -2.32. The lowest BCUT2D eigenvalue weighted by Crippen LogP contribution is -2.44. The third kappa shape index (κ3) is 3.34. The van der Waals surface area contributed by atoms with Gasteiger partial charge in [-0.25, -0.2) is 0 Å². The van der Waals surface area contributed by atoms with Gasteiger partial charge in [0.15, 0.2) is 5.11 Å². The van der Waals surface area contributed by atoms with Gasteiger partial charge >= 0.3 is 0 Å². The molecule has 0 unspecified atom stereocenters. The molecule has 1 heterocycles. The summed E-state index contributed by atoms with van der Waals surface area (Å²) >= 11 is 5.35. The zero-order valence-corrected chi connectivity index (χ0v) is 11.2. The van der Waals surface area contributed by atoms with Crippen molar-refractivity contribution in [1.29, 1.82) is 0 Å². The van der Waals surface area contributed by atoms with E-state index < -0.39 is 0 Å². The molecule has 0 bridgehead atoms. The van der Waals surface area contributed by atoms with Gasteiger partial charge in [0.2, 0.25) is 0 Å². The SMILES string of the molecule is COc1cccc(NC(=S)N2CCC[C@@H](O)C2)c1. The quantitative estimate of drug-likeness (QED) is 0.800. The van der Waals surface area contributed by atoms with Gasteiger partial charge in [-0.2, -0.15) is 0 Å². The van der Waals surface area contributed by atoms with Crippen LogP contribution in [-0.2, 0) is 0 Å². The molecule has 4 nitrogen and oxygen atoms in total. The number of piperidine rings is 1. The molecule has 1 aliphatic rings. The minimum absolute atomic E-state index is 0.274. The van der Waals surface area contributed by atoms with E-state index in [1.807, 2.05) is 29.2 Å². The third-order valence-electron chi connectivity index (χ3n) is 3.00. The molecule has 0 amide bonds. The lowest BCUT2D eigenvalue weighted by molar-refractivity contribution is 0.104. The second-order valence-electron chi connectivity index (χ2n) is 4.40. The Hall–Kier alpha value is -1.33. The number of rotatable bonds is 2. The Morgan fingerprint density at radius 3 is 3.11 bits per heavy atom. The van der Waals surface area contributed by atoms with E-state index in [1.54, 1.807) is 7.11 Å². The number of hydrogen-bond donors (Lipinski definition) is 2. The van der Waals surface area contributed by atoms with Crippen LogP contribution in [0.1, 0.15) is 12.8 Å². The molecule has 1 atom stereocenters.